The number of aliphatic imine (C=N–C) groups is 1. The lowest BCUT2D eigenvalue weighted by Gasteiger charge is -2.27. The van der Waals surface area contributed by atoms with E-state index >= 15 is 0 Å². The maximum absolute atomic E-state index is 11.7. The van der Waals surface area contributed by atoms with Crippen molar-refractivity contribution in [3.05, 3.63) is 52.2 Å². The van der Waals surface area contributed by atoms with Gasteiger partial charge < -0.3 is 20.3 Å². The van der Waals surface area contributed by atoms with E-state index in [0.717, 1.165) is 31.2 Å². The zero-order valence-electron chi connectivity index (χ0n) is 18.6. The number of carbonyl (C=O) groups is 1. The highest BCUT2D eigenvalue weighted by Gasteiger charge is 2.24. The van der Waals surface area contributed by atoms with Gasteiger partial charge in [-0.2, -0.15) is 0 Å². The SMILES string of the molecule is CN=C(NCc1cccc(OCC(=O)N(C)C)c1)NCC(c1cccs1)N1CCCC1. The zero-order chi connectivity index (χ0) is 22.1. The minimum absolute atomic E-state index is 0.0354. The van der Waals surface area contributed by atoms with Crippen molar-refractivity contribution in [3.63, 3.8) is 0 Å². The van der Waals surface area contributed by atoms with Crippen molar-refractivity contribution >= 4 is 23.2 Å². The van der Waals surface area contributed by atoms with Crippen LogP contribution in [-0.2, 0) is 11.3 Å². The highest BCUT2D eigenvalue weighted by molar-refractivity contribution is 7.10. The zero-order valence-corrected chi connectivity index (χ0v) is 19.5. The van der Waals surface area contributed by atoms with Gasteiger partial charge in [-0.25, -0.2) is 0 Å². The van der Waals surface area contributed by atoms with Crippen LogP contribution in [0.15, 0.2) is 46.8 Å². The predicted molar refractivity (Wildman–Crippen MR) is 127 cm³/mol. The molecule has 1 aliphatic rings. The van der Waals surface area contributed by atoms with Crippen LogP contribution in [0.25, 0.3) is 0 Å². The molecule has 168 valence electrons. The molecule has 8 heteroatoms. The molecule has 0 radical (unpaired) electrons. The summed E-state index contributed by atoms with van der Waals surface area (Å²) in [6, 6.07) is 12.5. The van der Waals surface area contributed by atoms with Gasteiger partial charge in [0, 0.05) is 39.1 Å². The third-order valence-corrected chi connectivity index (χ3v) is 6.33. The molecule has 1 saturated heterocycles. The van der Waals surface area contributed by atoms with Gasteiger partial charge in [-0.05, 0) is 55.1 Å². The second kappa shape index (κ2) is 11.7. The third kappa shape index (κ3) is 6.97. The largest absolute Gasteiger partial charge is 0.484 e. The number of rotatable bonds is 9. The molecule has 1 aromatic heterocycles. The quantitative estimate of drug-likeness (QED) is 0.461. The molecule has 0 bridgehead atoms. The third-order valence-electron chi connectivity index (χ3n) is 5.36. The highest BCUT2D eigenvalue weighted by atomic mass is 32.1. The summed E-state index contributed by atoms with van der Waals surface area (Å²) in [4.78, 5) is 21.6. The van der Waals surface area contributed by atoms with E-state index in [1.54, 1.807) is 21.1 Å². The van der Waals surface area contributed by atoms with Gasteiger partial charge in [-0.1, -0.05) is 18.2 Å². The molecule has 2 heterocycles. The fourth-order valence-corrected chi connectivity index (χ4v) is 4.42. The maximum Gasteiger partial charge on any atom is 0.259 e. The summed E-state index contributed by atoms with van der Waals surface area (Å²) in [5.74, 6) is 1.39. The Hall–Kier alpha value is -2.58. The van der Waals surface area contributed by atoms with Gasteiger partial charge in [-0.15, -0.1) is 11.3 Å². The van der Waals surface area contributed by atoms with E-state index in [-0.39, 0.29) is 12.5 Å². The molecule has 1 aliphatic heterocycles. The molecule has 1 amide bonds. The molecule has 1 aromatic carbocycles. The molecule has 1 fully saturated rings. The van der Waals surface area contributed by atoms with Crippen LogP contribution in [0.4, 0.5) is 0 Å². The fraction of sp³-hybridized carbons (Fsp3) is 0.478. The van der Waals surface area contributed by atoms with Gasteiger partial charge in [0.05, 0.1) is 6.04 Å². The first-order valence-electron chi connectivity index (χ1n) is 10.7. The number of amides is 1. The summed E-state index contributed by atoms with van der Waals surface area (Å²) in [6.07, 6.45) is 2.54. The molecule has 2 aromatic rings. The molecule has 1 atom stereocenters. The molecule has 0 aliphatic carbocycles. The van der Waals surface area contributed by atoms with Gasteiger partial charge in [0.15, 0.2) is 12.6 Å². The minimum atomic E-state index is -0.0635. The van der Waals surface area contributed by atoms with Gasteiger partial charge in [-0.3, -0.25) is 14.7 Å². The number of hydrogen-bond donors (Lipinski definition) is 2. The molecular weight excluding hydrogens is 410 g/mol. The number of nitrogens with one attached hydrogen (secondary N) is 2. The van der Waals surface area contributed by atoms with E-state index in [1.807, 2.05) is 35.6 Å². The summed E-state index contributed by atoms with van der Waals surface area (Å²) in [5, 5.41) is 9.02. The Labute approximate surface area is 189 Å². The van der Waals surface area contributed by atoms with Crippen molar-refractivity contribution in [1.82, 2.24) is 20.4 Å². The Morgan fingerprint density at radius 3 is 2.71 bits per heavy atom. The fourth-order valence-electron chi connectivity index (χ4n) is 3.56. The van der Waals surface area contributed by atoms with Crippen LogP contribution < -0.4 is 15.4 Å². The number of thiophene rings is 1. The van der Waals surface area contributed by atoms with Crippen molar-refractivity contribution in [3.8, 4) is 5.75 Å². The standard InChI is InChI=1S/C23H33N5O2S/c1-24-23(26-16-20(21-10-7-13-31-21)28-11-4-5-12-28)25-15-18-8-6-9-19(14-18)30-17-22(29)27(2)3/h6-10,13-14,20H,4-5,11-12,15-17H2,1-3H3,(H2,24,25,26). The van der Waals surface area contributed by atoms with E-state index in [0.29, 0.717) is 18.3 Å². The molecular formula is C23H33N5O2S. The molecule has 2 N–H and O–H groups in total. The summed E-state index contributed by atoms with van der Waals surface area (Å²) in [6.45, 7) is 3.77. The molecule has 0 spiro atoms. The van der Waals surface area contributed by atoms with Crippen molar-refractivity contribution in [2.45, 2.75) is 25.4 Å². The number of likely N-dealkylation sites (N-methyl/N-ethyl adjacent to an activating group) is 1. The normalized spacial score (nSPS) is 15.5. The van der Waals surface area contributed by atoms with E-state index < -0.39 is 0 Å². The lowest BCUT2D eigenvalue weighted by molar-refractivity contribution is -0.130. The lowest BCUT2D eigenvalue weighted by atomic mass is 10.2. The van der Waals surface area contributed by atoms with Gasteiger partial charge in [0.2, 0.25) is 0 Å². The van der Waals surface area contributed by atoms with Crippen molar-refractivity contribution in [2.24, 2.45) is 4.99 Å². The Balaban J connectivity index is 1.52. The van der Waals surface area contributed by atoms with E-state index in [9.17, 15) is 4.79 Å². The number of ether oxygens (including phenoxy) is 1. The summed E-state index contributed by atoms with van der Waals surface area (Å²) >= 11 is 1.81. The van der Waals surface area contributed by atoms with Crippen LogP contribution in [0, 0.1) is 0 Å². The summed E-state index contributed by atoms with van der Waals surface area (Å²) in [5.41, 5.74) is 1.06. The number of nitrogens with zero attached hydrogens (tertiary/aromatic N) is 3. The Bertz CT molecular complexity index is 847. The number of benzene rings is 1. The average Bonchev–Trinajstić information content (AvgIpc) is 3.49. The molecule has 3 rings (SSSR count). The number of hydrogen-bond acceptors (Lipinski definition) is 5. The smallest absolute Gasteiger partial charge is 0.259 e. The van der Waals surface area contributed by atoms with Crippen LogP contribution in [-0.4, -0.2) is 69.1 Å². The van der Waals surface area contributed by atoms with Gasteiger partial charge in [0.25, 0.3) is 5.91 Å². The molecule has 1 unspecified atom stereocenters. The highest BCUT2D eigenvalue weighted by Crippen LogP contribution is 2.27. The molecule has 7 nitrogen and oxygen atoms in total. The predicted octanol–water partition coefficient (Wildman–Crippen LogP) is 2.72. The topological polar surface area (TPSA) is 69.2 Å². The second-order valence-corrected chi connectivity index (χ2v) is 8.78. The summed E-state index contributed by atoms with van der Waals surface area (Å²) in [7, 11) is 5.23. The van der Waals surface area contributed by atoms with E-state index in [4.69, 9.17) is 4.74 Å². The van der Waals surface area contributed by atoms with Crippen molar-refractivity contribution in [2.75, 3.05) is 47.4 Å². The van der Waals surface area contributed by atoms with Crippen molar-refractivity contribution in [1.29, 1.82) is 0 Å². The van der Waals surface area contributed by atoms with Crippen LogP contribution in [0.1, 0.15) is 29.3 Å². The summed E-state index contributed by atoms with van der Waals surface area (Å²) < 4.78 is 5.61. The van der Waals surface area contributed by atoms with Crippen LogP contribution in [0.3, 0.4) is 0 Å². The van der Waals surface area contributed by atoms with Gasteiger partial charge >= 0.3 is 0 Å². The maximum atomic E-state index is 11.7. The Morgan fingerprint density at radius 1 is 1.23 bits per heavy atom. The van der Waals surface area contributed by atoms with Gasteiger partial charge in [0.1, 0.15) is 5.75 Å². The average molecular weight is 444 g/mol. The first-order chi connectivity index (χ1) is 15.1. The van der Waals surface area contributed by atoms with Crippen LogP contribution >= 0.6 is 11.3 Å². The van der Waals surface area contributed by atoms with E-state index in [2.05, 4.69) is 38.0 Å². The van der Waals surface area contributed by atoms with Crippen LogP contribution in [0.5, 0.6) is 5.75 Å². The monoisotopic (exact) mass is 443 g/mol. The Morgan fingerprint density at radius 2 is 2.03 bits per heavy atom. The first kappa shape index (κ1) is 23.1. The molecule has 0 saturated carbocycles. The van der Waals surface area contributed by atoms with Crippen molar-refractivity contribution < 1.29 is 9.53 Å². The Kier molecular flexibility index (Phi) is 8.73. The lowest BCUT2D eigenvalue weighted by Crippen LogP contribution is -2.42. The first-order valence-corrected chi connectivity index (χ1v) is 11.6. The number of carbonyl (C=O) groups excluding carboxylic acids is 1. The van der Waals surface area contributed by atoms with Crippen LogP contribution in [0.2, 0.25) is 0 Å². The second-order valence-electron chi connectivity index (χ2n) is 7.81. The number of likely N-dealkylation sites (tertiary alicyclic amines) is 1. The number of guanidine groups is 1. The molecule has 31 heavy (non-hydrogen) atoms. The minimum Gasteiger partial charge on any atom is -0.484 e. The van der Waals surface area contributed by atoms with E-state index in [1.165, 1.54) is 22.6 Å².